The summed E-state index contributed by atoms with van der Waals surface area (Å²) >= 11 is 0. The van der Waals surface area contributed by atoms with Gasteiger partial charge >= 0.3 is 0 Å². The quantitative estimate of drug-likeness (QED) is 0.799. The molecular formula is C22H28N2O3. The van der Waals surface area contributed by atoms with E-state index in [0.717, 1.165) is 17.0 Å². The highest BCUT2D eigenvalue weighted by atomic mass is 16.5. The fraction of sp³-hybridized carbons (Fsp3) is 0.409. The molecule has 1 amide bonds. The van der Waals surface area contributed by atoms with E-state index >= 15 is 0 Å². The minimum Gasteiger partial charge on any atom is -0.493 e. The molecule has 0 radical (unpaired) electrons. The van der Waals surface area contributed by atoms with Crippen LogP contribution in [0.5, 0.6) is 5.75 Å². The Bertz CT molecular complexity index is 806. The number of anilines is 1. The van der Waals surface area contributed by atoms with Crippen LogP contribution in [0.25, 0.3) is 0 Å². The molecule has 1 heterocycles. The molecule has 2 aromatic carbocycles. The van der Waals surface area contributed by atoms with Gasteiger partial charge in [0.15, 0.2) is 0 Å². The smallest absolute Gasteiger partial charge is 0.258 e. The third-order valence-electron chi connectivity index (χ3n) is 4.82. The zero-order valence-corrected chi connectivity index (χ0v) is 16.5. The number of rotatable bonds is 7. The molecule has 27 heavy (non-hydrogen) atoms. The first kappa shape index (κ1) is 19.2. The van der Waals surface area contributed by atoms with E-state index in [-0.39, 0.29) is 5.91 Å². The number of hydrogen-bond donors (Lipinski definition) is 1. The number of methoxy groups -OCH3 is 1. The van der Waals surface area contributed by atoms with Crippen LogP contribution < -0.4 is 10.1 Å². The predicted molar refractivity (Wildman–Crippen MR) is 107 cm³/mol. The molecule has 0 fully saturated rings. The van der Waals surface area contributed by atoms with Gasteiger partial charge in [0.1, 0.15) is 11.4 Å². The second-order valence-electron chi connectivity index (χ2n) is 7.43. The molecule has 2 aromatic rings. The van der Waals surface area contributed by atoms with Gasteiger partial charge in [0.2, 0.25) is 0 Å². The zero-order valence-electron chi connectivity index (χ0n) is 16.5. The maximum atomic E-state index is 13.2. The van der Waals surface area contributed by atoms with Crippen LogP contribution in [0.15, 0.2) is 48.5 Å². The van der Waals surface area contributed by atoms with Crippen molar-refractivity contribution < 1.29 is 14.3 Å². The molecule has 3 rings (SSSR count). The van der Waals surface area contributed by atoms with Gasteiger partial charge in [-0.2, -0.15) is 0 Å². The highest BCUT2D eigenvalue weighted by Crippen LogP contribution is 2.38. The first-order valence-corrected chi connectivity index (χ1v) is 9.37. The fourth-order valence-electron chi connectivity index (χ4n) is 3.34. The number of amides is 1. The highest BCUT2D eigenvalue weighted by Gasteiger charge is 2.42. The molecule has 1 N–H and O–H groups in total. The first-order valence-electron chi connectivity index (χ1n) is 9.37. The molecule has 0 saturated heterocycles. The molecule has 1 aliphatic heterocycles. The van der Waals surface area contributed by atoms with E-state index in [4.69, 9.17) is 9.47 Å². The number of benzene rings is 2. The summed E-state index contributed by atoms with van der Waals surface area (Å²) in [7, 11) is 1.65. The fourth-order valence-corrected chi connectivity index (χ4v) is 3.34. The number of fused-ring (bicyclic) bond motifs is 1. The number of nitrogens with zero attached hydrogens (tertiary/aromatic N) is 1. The Morgan fingerprint density at radius 2 is 1.93 bits per heavy atom. The van der Waals surface area contributed by atoms with Gasteiger partial charge < -0.3 is 19.7 Å². The van der Waals surface area contributed by atoms with Crippen LogP contribution in [-0.2, 0) is 10.4 Å². The van der Waals surface area contributed by atoms with Gasteiger partial charge in [-0.05, 0) is 37.1 Å². The Balaban J connectivity index is 2.00. The topological polar surface area (TPSA) is 50.8 Å². The Labute approximate surface area is 161 Å². The van der Waals surface area contributed by atoms with Crippen LogP contribution in [0.1, 0.15) is 36.7 Å². The minimum atomic E-state index is -0.693. The van der Waals surface area contributed by atoms with Gasteiger partial charge in [-0.25, -0.2) is 0 Å². The summed E-state index contributed by atoms with van der Waals surface area (Å²) in [5, 5.41) is 3.57. The van der Waals surface area contributed by atoms with E-state index in [2.05, 4.69) is 19.2 Å². The second kappa shape index (κ2) is 8.01. The van der Waals surface area contributed by atoms with Crippen LogP contribution in [0.4, 0.5) is 5.69 Å². The van der Waals surface area contributed by atoms with Crippen LogP contribution in [0, 0.1) is 5.92 Å². The lowest BCUT2D eigenvalue weighted by Crippen LogP contribution is -2.56. The first-order chi connectivity index (χ1) is 13.0. The number of para-hydroxylation sites is 1. The summed E-state index contributed by atoms with van der Waals surface area (Å²) in [5.74, 6) is 1.25. The molecule has 1 aliphatic rings. The third-order valence-corrected chi connectivity index (χ3v) is 4.82. The van der Waals surface area contributed by atoms with Crippen molar-refractivity contribution in [3.63, 3.8) is 0 Å². The lowest BCUT2D eigenvalue weighted by atomic mass is 9.93. The largest absolute Gasteiger partial charge is 0.493 e. The van der Waals surface area contributed by atoms with Crippen molar-refractivity contribution in [3.8, 4) is 5.75 Å². The van der Waals surface area contributed by atoms with Crippen molar-refractivity contribution in [1.29, 1.82) is 0 Å². The number of nitrogens with one attached hydrogen (secondary N) is 1. The number of hydrogen-bond acceptors (Lipinski definition) is 4. The minimum absolute atomic E-state index is 0.00241. The summed E-state index contributed by atoms with van der Waals surface area (Å²) in [4.78, 5) is 15.0. The van der Waals surface area contributed by atoms with E-state index in [9.17, 15) is 4.79 Å². The summed E-state index contributed by atoms with van der Waals surface area (Å²) in [6, 6.07) is 15.6. The molecule has 0 spiro atoms. The lowest BCUT2D eigenvalue weighted by Gasteiger charge is -2.46. The second-order valence-corrected chi connectivity index (χ2v) is 7.43. The maximum Gasteiger partial charge on any atom is 0.258 e. The average Bonchev–Trinajstić information content (AvgIpc) is 2.66. The van der Waals surface area contributed by atoms with E-state index in [0.29, 0.717) is 31.2 Å². The Morgan fingerprint density at radius 3 is 2.67 bits per heavy atom. The normalized spacial score (nSPS) is 19.0. The molecular weight excluding hydrogens is 340 g/mol. The van der Waals surface area contributed by atoms with Crippen molar-refractivity contribution in [2.45, 2.75) is 26.4 Å². The molecule has 5 heteroatoms. The van der Waals surface area contributed by atoms with E-state index in [1.165, 1.54) is 0 Å². The van der Waals surface area contributed by atoms with Crippen LogP contribution in [-0.4, -0.2) is 37.7 Å². The predicted octanol–water partition coefficient (Wildman–Crippen LogP) is 4.11. The van der Waals surface area contributed by atoms with Gasteiger partial charge in [-0.1, -0.05) is 38.1 Å². The van der Waals surface area contributed by atoms with Crippen LogP contribution in [0.2, 0.25) is 0 Å². The van der Waals surface area contributed by atoms with Crippen LogP contribution in [0.3, 0.4) is 0 Å². The molecule has 144 valence electrons. The summed E-state index contributed by atoms with van der Waals surface area (Å²) in [6.07, 6.45) is 0. The molecule has 0 saturated carbocycles. The van der Waals surface area contributed by atoms with Crippen molar-refractivity contribution >= 4 is 11.6 Å². The highest BCUT2D eigenvalue weighted by molar-refractivity contribution is 6.02. The van der Waals surface area contributed by atoms with Gasteiger partial charge in [-0.3, -0.25) is 4.79 Å². The zero-order chi connectivity index (χ0) is 19.4. The van der Waals surface area contributed by atoms with E-state index < -0.39 is 5.66 Å². The third kappa shape index (κ3) is 3.93. The Morgan fingerprint density at radius 1 is 1.15 bits per heavy atom. The Hall–Kier alpha value is -2.53. The van der Waals surface area contributed by atoms with Gasteiger partial charge in [0, 0.05) is 24.9 Å². The van der Waals surface area contributed by atoms with Gasteiger partial charge in [0.25, 0.3) is 5.91 Å². The van der Waals surface area contributed by atoms with Crippen LogP contribution >= 0.6 is 0 Å². The molecule has 0 aromatic heterocycles. The van der Waals surface area contributed by atoms with Crippen molar-refractivity contribution in [2.24, 2.45) is 5.92 Å². The van der Waals surface area contributed by atoms with Crippen molar-refractivity contribution in [3.05, 3.63) is 59.7 Å². The van der Waals surface area contributed by atoms with Crippen molar-refractivity contribution in [1.82, 2.24) is 4.90 Å². The molecule has 1 atom stereocenters. The van der Waals surface area contributed by atoms with Gasteiger partial charge in [-0.15, -0.1) is 0 Å². The summed E-state index contributed by atoms with van der Waals surface area (Å²) in [6.45, 7) is 7.88. The monoisotopic (exact) mass is 368 g/mol. The molecule has 1 unspecified atom stereocenters. The number of ether oxygens (including phenoxy) is 2. The van der Waals surface area contributed by atoms with E-state index in [1.54, 1.807) is 7.11 Å². The number of carbonyl (C=O) groups is 1. The molecule has 0 bridgehead atoms. The average molecular weight is 368 g/mol. The maximum absolute atomic E-state index is 13.2. The number of carbonyl (C=O) groups excluding carboxylic acids is 1. The molecule has 0 aliphatic carbocycles. The Kier molecular flexibility index (Phi) is 5.71. The summed E-state index contributed by atoms with van der Waals surface area (Å²) in [5.41, 5.74) is 1.80. The van der Waals surface area contributed by atoms with E-state index in [1.807, 2.05) is 60.4 Å². The molecule has 5 nitrogen and oxygen atoms in total. The summed E-state index contributed by atoms with van der Waals surface area (Å²) < 4.78 is 11.2. The van der Waals surface area contributed by atoms with Crippen molar-refractivity contribution in [2.75, 3.05) is 32.2 Å². The SMILES string of the molecule is COCCN1C(=O)c2ccccc2NC1(C)c1cccc(OCC(C)C)c1. The van der Waals surface area contributed by atoms with Gasteiger partial charge in [0.05, 0.1) is 18.8 Å². The lowest BCUT2D eigenvalue weighted by molar-refractivity contribution is 0.0437. The standard InChI is InChI=1S/C22H28N2O3/c1-16(2)15-27-18-9-7-8-17(14-18)22(3)23-20-11-6-5-10-19(20)21(25)24(22)12-13-26-4/h5-11,14,16,23H,12-13,15H2,1-4H3.